The number of rotatable bonds is 8. The minimum absolute atomic E-state index is 0.0791. The molecule has 0 fully saturated rings. The molecule has 1 aromatic rings. The van der Waals surface area contributed by atoms with E-state index in [0.29, 0.717) is 5.92 Å². The van der Waals surface area contributed by atoms with Crippen molar-refractivity contribution in [2.45, 2.75) is 52.6 Å². The fraction of sp³-hybridized carbons (Fsp3) is 0.692. The number of carbonyl (C=O) groups excluding carboxylic acids is 2. The van der Waals surface area contributed by atoms with Crippen LogP contribution in [-0.2, 0) is 11.3 Å². The van der Waals surface area contributed by atoms with Gasteiger partial charge in [-0.05, 0) is 19.3 Å². The van der Waals surface area contributed by atoms with Gasteiger partial charge in [-0.3, -0.25) is 9.59 Å². The van der Waals surface area contributed by atoms with E-state index in [1.54, 1.807) is 0 Å². The molecule has 7 heteroatoms. The number of primary amides is 1. The molecule has 0 spiro atoms. The lowest BCUT2D eigenvalue weighted by Crippen LogP contribution is -2.32. The van der Waals surface area contributed by atoms with Crippen LogP contribution < -0.4 is 11.1 Å². The maximum absolute atomic E-state index is 11.9. The fourth-order valence-corrected chi connectivity index (χ4v) is 1.84. The van der Waals surface area contributed by atoms with Gasteiger partial charge in [0, 0.05) is 6.04 Å². The van der Waals surface area contributed by atoms with Crippen molar-refractivity contribution in [1.82, 2.24) is 20.3 Å². The molecule has 0 aliphatic heterocycles. The molecule has 0 bridgehead atoms. The first-order valence-electron chi connectivity index (χ1n) is 6.87. The second-order valence-corrected chi connectivity index (χ2v) is 5.47. The molecule has 0 aliphatic carbocycles. The number of hydrogen-bond donors (Lipinski definition) is 2. The highest BCUT2D eigenvalue weighted by molar-refractivity contribution is 5.92. The fourth-order valence-electron chi connectivity index (χ4n) is 1.84. The molecule has 3 N–H and O–H groups in total. The van der Waals surface area contributed by atoms with Crippen LogP contribution in [0.1, 0.15) is 50.5 Å². The van der Waals surface area contributed by atoms with Crippen LogP contribution in [0.5, 0.6) is 0 Å². The number of amides is 2. The molecular formula is C13H23N5O2. The van der Waals surface area contributed by atoms with E-state index in [0.717, 1.165) is 19.3 Å². The predicted molar refractivity (Wildman–Crippen MR) is 74.8 cm³/mol. The average molecular weight is 281 g/mol. The molecule has 20 heavy (non-hydrogen) atoms. The van der Waals surface area contributed by atoms with Crippen molar-refractivity contribution < 1.29 is 9.59 Å². The van der Waals surface area contributed by atoms with Crippen molar-refractivity contribution in [2.75, 3.05) is 0 Å². The molecule has 0 aromatic carbocycles. The van der Waals surface area contributed by atoms with Crippen LogP contribution in [0, 0.1) is 5.92 Å². The van der Waals surface area contributed by atoms with E-state index >= 15 is 0 Å². The summed E-state index contributed by atoms with van der Waals surface area (Å²) in [6.07, 6.45) is 4.57. The van der Waals surface area contributed by atoms with Crippen LogP contribution in [0.4, 0.5) is 0 Å². The van der Waals surface area contributed by atoms with Gasteiger partial charge in [0.2, 0.25) is 5.91 Å². The standard InChI is InChI=1S/C13H23N5O2/c1-9(2)5-4-6-10(3)15-13(20)11-7-18(17-16-11)8-12(14)19/h7,9-10H,4-6,8H2,1-3H3,(H2,14,19)(H,15,20). The van der Waals surface area contributed by atoms with Crippen molar-refractivity contribution >= 4 is 11.8 Å². The molecule has 1 heterocycles. The lowest BCUT2D eigenvalue weighted by atomic mass is 10.0. The van der Waals surface area contributed by atoms with Gasteiger partial charge in [0.15, 0.2) is 5.69 Å². The van der Waals surface area contributed by atoms with E-state index in [4.69, 9.17) is 5.73 Å². The lowest BCUT2D eigenvalue weighted by molar-refractivity contribution is -0.118. The summed E-state index contributed by atoms with van der Waals surface area (Å²) >= 11 is 0. The van der Waals surface area contributed by atoms with Crippen molar-refractivity contribution in [3.8, 4) is 0 Å². The van der Waals surface area contributed by atoms with Crippen LogP contribution in [-0.4, -0.2) is 32.9 Å². The third-order valence-corrected chi connectivity index (χ3v) is 2.89. The van der Waals surface area contributed by atoms with E-state index in [1.165, 1.54) is 10.9 Å². The van der Waals surface area contributed by atoms with Crippen LogP contribution in [0.15, 0.2) is 6.20 Å². The molecule has 7 nitrogen and oxygen atoms in total. The van der Waals surface area contributed by atoms with Gasteiger partial charge in [-0.2, -0.15) is 0 Å². The Labute approximate surface area is 118 Å². The summed E-state index contributed by atoms with van der Waals surface area (Å²) in [6.45, 7) is 6.25. The van der Waals surface area contributed by atoms with Crippen LogP contribution in [0.3, 0.4) is 0 Å². The summed E-state index contributed by atoms with van der Waals surface area (Å²) in [6, 6.07) is 0.0857. The van der Waals surface area contributed by atoms with E-state index in [-0.39, 0.29) is 24.2 Å². The minimum atomic E-state index is -0.524. The van der Waals surface area contributed by atoms with Crippen molar-refractivity contribution in [2.24, 2.45) is 11.7 Å². The van der Waals surface area contributed by atoms with Gasteiger partial charge in [0.25, 0.3) is 5.91 Å². The zero-order valence-corrected chi connectivity index (χ0v) is 12.3. The smallest absolute Gasteiger partial charge is 0.273 e. The summed E-state index contributed by atoms with van der Waals surface area (Å²) in [4.78, 5) is 22.6. The number of nitrogens with one attached hydrogen (secondary N) is 1. The maximum atomic E-state index is 11.9. The van der Waals surface area contributed by atoms with Gasteiger partial charge in [-0.25, -0.2) is 4.68 Å². The highest BCUT2D eigenvalue weighted by Crippen LogP contribution is 2.08. The Hall–Kier alpha value is -1.92. The molecule has 1 atom stereocenters. The second-order valence-electron chi connectivity index (χ2n) is 5.47. The van der Waals surface area contributed by atoms with E-state index in [9.17, 15) is 9.59 Å². The Morgan fingerprint density at radius 2 is 2.05 bits per heavy atom. The number of carbonyl (C=O) groups is 2. The molecule has 0 saturated carbocycles. The summed E-state index contributed by atoms with van der Waals surface area (Å²) in [5.74, 6) is -0.131. The molecular weight excluding hydrogens is 258 g/mol. The minimum Gasteiger partial charge on any atom is -0.368 e. The quantitative estimate of drug-likeness (QED) is 0.732. The van der Waals surface area contributed by atoms with Gasteiger partial charge >= 0.3 is 0 Å². The summed E-state index contributed by atoms with van der Waals surface area (Å²) in [7, 11) is 0. The van der Waals surface area contributed by atoms with Gasteiger partial charge in [0.1, 0.15) is 6.54 Å². The molecule has 0 aliphatic rings. The largest absolute Gasteiger partial charge is 0.368 e. The molecule has 112 valence electrons. The van der Waals surface area contributed by atoms with E-state index in [2.05, 4.69) is 29.5 Å². The first-order chi connectivity index (χ1) is 9.38. The summed E-state index contributed by atoms with van der Waals surface area (Å²) < 4.78 is 1.25. The Morgan fingerprint density at radius 1 is 1.35 bits per heavy atom. The van der Waals surface area contributed by atoms with E-state index < -0.39 is 5.91 Å². The third-order valence-electron chi connectivity index (χ3n) is 2.89. The Morgan fingerprint density at radius 3 is 2.65 bits per heavy atom. The van der Waals surface area contributed by atoms with Crippen molar-refractivity contribution in [3.63, 3.8) is 0 Å². The van der Waals surface area contributed by atoms with Gasteiger partial charge in [-0.15, -0.1) is 5.10 Å². The third kappa shape index (κ3) is 5.81. The van der Waals surface area contributed by atoms with Crippen molar-refractivity contribution in [3.05, 3.63) is 11.9 Å². The summed E-state index contributed by atoms with van der Waals surface area (Å²) in [5, 5.41) is 10.3. The Kier molecular flexibility index (Phi) is 6.14. The van der Waals surface area contributed by atoms with Gasteiger partial charge in [-0.1, -0.05) is 31.9 Å². The molecule has 2 amide bonds. The normalized spacial score (nSPS) is 12.4. The molecule has 1 aromatic heterocycles. The van der Waals surface area contributed by atoms with Gasteiger partial charge in [0.05, 0.1) is 6.20 Å². The molecule has 1 unspecified atom stereocenters. The highest BCUT2D eigenvalue weighted by atomic mass is 16.2. The summed E-state index contributed by atoms with van der Waals surface area (Å²) in [5.41, 5.74) is 5.24. The monoisotopic (exact) mass is 281 g/mol. The molecule has 0 saturated heterocycles. The SMILES string of the molecule is CC(C)CCCC(C)NC(=O)c1cn(CC(N)=O)nn1. The molecule has 1 rings (SSSR count). The van der Waals surface area contributed by atoms with Crippen LogP contribution in [0.25, 0.3) is 0 Å². The van der Waals surface area contributed by atoms with Gasteiger partial charge < -0.3 is 11.1 Å². The topological polar surface area (TPSA) is 103 Å². The second kappa shape index (κ2) is 7.62. The van der Waals surface area contributed by atoms with E-state index in [1.807, 2.05) is 6.92 Å². The number of nitrogens with two attached hydrogens (primary N) is 1. The molecule has 0 radical (unpaired) electrons. The average Bonchev–Trinajstić information content (AvgIpc) is 2.75. The zero-order valence-electron chi connectivity index (χ0n) is 12.3. The van der Waals surface area contributed by atoms with Crippen LogP contribution in [0.2, 0.25) is 0 Å². The Balaban J connectivity index is 2.41. The van der Waals surface area contributed by atoms with Crippen LogP contribution >= 0.6 is 0 Å². The zero-order chi connectivity index (χ0) is 15.1. The predicted octanol–water partition coefficient (Wildman–Crippen LogP) is 0.708. The number of nitrogens with zero attached hydrogens (tertiary/aromatic N) is 3. The first kappa shape index (κ1) is 16.1. The highest BCUT2D eigenvalue weighted by Gasteiger charge is 2.14. The lowest BCUT2D eigenvalue weighted by Gasteiger charge is -2.13. The number of aromatic nitrogens is 3. The Bertz CT molecular complexity index is 455. The maximum Gasteiger partial charge on any atom is 0.273 e. The first-order valence-corrected chi connectivity index (χ1v) is 6.87. The van der Waals surface area contributed by atoms with Crippen molar-refractivity contribution in [1.29, 1.82) is 0 Å². The number of hydrogen-bond acceptors (Lipinski definition) is 4.